The number of likely N-dealkylation sites (tertiary alicyclic amines) is 1. The third-order valence-corrected chi connectivity index (χ3v) is 6.07. The van der Waals surface area contributed by atoms with Crippen molar-refractivity contribution in [3.8, 4) is 11.6 Å². The van der Waals surface area contributed by atoms with Crippen LogP contribution in [0.15, 0.2) is 64.2 Å². The first kappa shape index (κ1) is 25.1. The maximum absolute atomic E-state index is 5.36. The van der Waals surface area contributed by atoms with Crippen LogP contribution >= 0.6 is 24.0 Å². The molecule has 0 bridgehead atoms. The first-order valence-corrected chi connectivity index (χ1v) is 11.6. The van der Waals surface area contributed by atoms with Crippen LogP contribution in [0.1, 0.15) is 44.0 Å². The maximum atomic E-state index is 5.36. The first-order chi connectivity index (χ1) is 15.8. The first-order valence-electron chi connectivity index (χ1n) is 11.6. The van der Waals surface area contributed by atoms with E-state index in [9.17, 15) is 0 Å². The van der Waals surface area contributed by atoms with Gasteiger partial charge in [-0.15, -0.1) is 24.0 Å². The van der Waals surface area contributed by atoms with Gasteiger partial charge >= 0.3 is 0 Å². The number of hydrogen-bond donors (Lipinski definition) is 1. The van der Waals surface area contributed by atoms with Crippen molar-refractivity contribution in [2.75, 3.05) is 26.2 Å². The summed E-state index contributed by atoms with van der Waals surface area (Å²) in [6, 6.07) is 16.6. The van der Waals surface area contributed by atoms with E-state index < -0.39 is 0 Å². The van der Waals surface area contributed by atoms with Gasteiger partial charge in [0, 0.05) is 38.8 Å². The molecule has 7 nitrogen and oxygen atoms in total. The van der Waals surface area contributed by atoms with Gasteiger partial charge in [-0.1, -0.05) is 54.9 Å². The fourth-order valence-electron chi connectivity index (χ4n) is 4.41. The molecule has 1 fully saturated rings. The molecule has 2 unspecified atom stereocenters. The van der Waals surface area contributed by atoms with Gasteiger partial charge in [-0.2, -0.15) is 4.98 Å². The van der Waals surface area contributed by atoms with Crippen molar-refractivity contribution in [1.82, 2.24) is 25.3 Å². The van der Waals surface area contributed by atoms with Gasteiger partial charge in [-0.05, 0) is 42.9 Å². The Balaban J connectivity index is 0.00000306. The number of benzene rings is 1. The summed E-state index contributed by atoms with van der Waals surface area (Å²) in [5.41, 5.74) is 2.15. The molecule has 0 spiro atoms. The van der Waals surface area contributed by atoms with Crippen molar-refractivity contribution < 1.29 is 4.52 Å². The number of guanidine groups is 1. The Bertz CT molecular complexity index is 994. The lowest BCUT2D eigenvalue weighted by molar-refractivity contribution is 0.215. The number of aromatic nitrogens is 3. The molecule has 33 heavy (non-hydrogen) atoms. The van der Waals surface area contributed by atoms with E-state index in [-0.39, 0.29) is 24.0 Å². The minimum Gasteiger partial charge on any atom is -0.357 e. The molecule has 0 radical (unpaired) electrons. The van der Waals surface area contributed by atoms with E-state index >= 15 is 0 Å². The molecular weight excluding hydrogens is 527 g/mol. The molecule has 1 saturated heterocycles. The lowest BCUT2D eigenvalue weighted by atomic mass is 9.79. The highest BCUT2D eigenvalue weighted by molar-refractivity contribution is 14.0. The molecular formula is C25H33IN6O. The van der Waals surface area contributed by atoms with Gasteiger partial charge in [0.1, 0.15) is 5.69 Å². The molecule has 2 aromatic heterocycles. The average molecular weight is 560 g/mol. The monoisotopic (exact) mass is 560 g/mol. The van der Waals surface area contributed by atoms with Crippen LogP contribution in [0.2, 0.25) is 0 Å². The van der Waals surface area contributed by atoms with E-state index in [1.54, 1.807) is 6.20 Å². The Morgan fingerprint density at radius 3 is 2.70 bits per heavy atom. The summed E-state index contributed by atoms with van der Waals surface area (Å²) in [5, 5.41) is 7.56. The second-order valence-corrected chi connectivity index (χ2v) is 8.14. The van der Waals surface area contributed by atoms with Crippen LogP contribution in [-0.2, 0) is 6.42 Å². The Labute approximate surface area is 213 Å². The van der Waals surface area contributed by atoms with Crippen LogP contribution in [0, 0.1) is 5.92 Å². The highest BCUT2D eigenvalue weighted by atomic mass is 127. The van der Waals surface area contributed by atoms with E-state index in [0.29, 0.717) is 42.2 Å². The zero-order chi connectivity index (χ0) is 22.2. The summed E-state index contributed by atoms with van der Waals surface area (Å²) in [6.07, 6.45) is 4.65. The fourth-order valence-corrected chi connectivity index (χ4v) is 4.41. The van der Waals surface area contributed by atoms with Gasteiger partial charge in [-0.25, -0.2) is 0 Å². The summed E-state index contributed by atoms with van der Waals surface area (Å²) >= 11 is 0. The SMILES string of the molecule is CCNC(=NCCc1noc(-c2ccccn2)n1)N1CCC(c2ccccc2)C(CC)C1.I. The second-order valence-electron chi connectivity index (χ2n) is 8.14. The van der Waals surface area contributed by atoms with Crippen molar-refractivity contribution in [2.24, 2.45) is 10.9 Å². The van der Waals surface area contributed by atoms with Crippen molar-refractivity contribution in [1.29, 1.82) is 0 Å². The number of aliphatic imine (C=N–C) groups is 1. The van der Waals surface area contributed by atoms with Crippen LogP contribution in [0.3, 0.4) is 0 Å². The number of rotatable bonds is 7. The minimum atomic E-state index is 0. The van der Waals surface area contributed by atoms with E-state index in [0.717, 1.165) is 38.4 Å². The third kappa shape index (κ3) is 6.52. The van der Waals surface area contributed by atoms with Gasteiger partial charge < -0.3 is 14.7 Å². The number of hydrogen-bond acceptors (Lipinski definition) is 5. The molecule has 4 rings (SSSR count). The van der Waals surface area contributed by atoms with Crippen LogP contribution < -0.4 is 5.32 Å². The van der Waals surface area contributed by atoms with Gasteiger partial charge in [0.2, 0.25) is 0 Å². The maximum Gasteiger partial charge on any atom is 0.276 e. The van der Waals surface area contributed by atoms with Gasteiger partial charge in [0.05, 0.1) is 0 Å². The largest absolute Gasteiger partial charge is 0.357 e. The Morgan fingerprint density at radius 2 is 1.97 bits per heavy atom. The third-order valence-electron chi connectivity index (χ3n) is 6.07. The predicted molar refractivity (Wildman–Crippen MR) is 142 cm³/mol. The summed E-state index contributed by atoms with van der Waals surface area (Å²) in [7, 11) is 0. The van der Waals surface area contributed by atoms with E-state index in [4.69, 9.17) is 9.52 Å². The Kier molecular flexibility index (Phi) is 9.65. The van der Waals surface area contributed by atoms with Crippen molar-refractivity contribution in [2.45, 2.75) is 39.0 Å². The molecule has 176 valence electrons. The zero-order valence-corrected chi connectivity index (χ0v) is 21.7. The molecule has 1 aliphatic heterocycles. The standard InChI is InChI=1S/C25H32N6O.HI/c1-3-19-18-31(17-14-21(19)20-10-6-5-7-11-20)25(26-4-2)28-16-13-23-29-24(32-30-23)22-12-8-9-15-27-22;/h5-12,15,19,21H,3-4,13-14,16-18H2,1-2H3,(H,26,28);1H. The Hall–Kier alpha value is -2.49. The highest BCUT2D eigenvalue weighted by Gasteiger charge is 2.30. The quantitative estimate of drug-likeness (QED) is 0.255. The van der Waals surface area contributed by atoms with Gasteiger partial charge in [0.15, 0.2) is 11.8 Å². The van der Waals surface area contributed by atoms with Crippen molar-refractivity contribution in [3.63, 3.8) is 0 Å². The lowest BCUT2D eigenvalue weighted by Crippen LogP contribution is -2.48. The van der Waals surface area contributed by atoms with Crippen LogP contribution in [0.25, 0.3) is 11.6 Å². The molecule has 0 aliphatic carbocycles. The molecule has 1 aliphatic rings. The lowest BCUT2D eigenvalue weighted by Gasteiger charge is -2.40. The topological polar surface area (TPSA) is 79.4 Å². The van der Waals surface area contributed by atoms with E-state index in [1.165, 1.54) is 5.56 Å². The predicted octanol–water partition coefficient (Wildman–Crippen LogP) is 4.77. The molecule has 0 saturated carbocycles. The summed E-state index contributed by atoms with van der Waals surface area (Å²) in [5.74, 6) is 3.31. The molecule has 1 aromatic carbocycles. The van der Waals surface area contributed by atoms with Gasteiger partial charge in [0.25, 0.3) is 5.89 Å². The normalized spacial score (nSPS) is 18.6. The molecule has 0 amide bonds. The number of pyridine rings is 1. The van der Waals surface area contributed by atoms with E-state index in [2.05, 4.69) is 69.5 Å². The Morgan fingerprint density at radius 1 is 1.15 bits per heavy atom. The summed E-state index contributed by atoms with van der Waals surface area (Å²) in [6.45, 7) is 7.90. The van der Waals surface area contributed by atoms with Crippen LogP contribution in [-0.4, -0.2) is 52.2 Å². The fraction of sp³-hybridized carbons (Fsp3) is 0.440. The van der Waals surface area contributed by atoms with Crippen LogP contribution in [0.5, 0.6) is 0 Å². The number of halogens is 1. The van der Waals surface area contributed by atoms with Gasteiger partial charge in [-0.3, -0.25) is 9.98 Å². The number of nitrogens with zero attached hydrogens (tertiary/aromatic N) is 5. The molecule has 3 heterocycles. The average Bonchev–Trinajstić information content (AvgIpc) is 3.33. The second kappa shape index (κ2) is 12.7. The number of piperidine rings is 1. The zero-order valence-electron chi connectivity index (χ0n) is 19.4. The molecule has 1 N–H and O–H groups in total. The van der Waals surface area contributed by atoms with E-state index in [1.807, 2.05) is 18.2 Å². The van der Waals surface area contributed by atoms with Crippen molar-refractivity contribution in [3.05, 3.63) is 66.1 Å². The highest BCUT2D eigenvalue weighted by Crippen LogP contribution is 2.34. The minimum absolute atomic E-state index is 0. The van der Waals surface area contributed by atoms with Crippen molar-refractivity contribution >= 4 is 29.9 Å². The number of nitrogens with one attached hydrogen (secondary N) is 1. The molecule has 2 atom stereocenters. The summed E-state index contributed by atoms with van der Waals surface area (Å²) in [4.78, 5) is 16.0. The molecule has 8 heteroatoms. The summed E-state index contributed by atoms with van der Waals surface area (Å²) < 4.78 is 5.36. The smallest absolute Gasteiger partial charge is 0.276 e. The van der Waals surface area contributed by atoms with Crippen LogP contribution in [0.4, 0.5) is 0 Å². The molecule has 3 aromatic rings.